The zero-order chi connectivity index (χ0) is 18.2. The van der Waals surface area contributed by atoms with Crippen LogP contribution in [0.25, 0.3) is 6.08 Å². The number of nitrogens with zero attached hydrogens (tertiary/aromatic N) is 1. The SMILES string of the molecule is Cc1ccc(/C=C/C(=O)NNC(=O)COc2ccc([N+](=O)[O-])cc2)o1. The molecule has 0 bridgehead atoms. The van der Waals surface area contributed by atoms with Crippen molar-refractivity contribution in [1.82, 2.24) is 10.9 Å². The van der Waals surface area contributed by atoms with Crippen molar-refractivity contribution in [3.05, 3.63) is 64.1 Å². The number of hydrogen-bond acceptors (Lipinski definition) is 6. The lowest BCUT2D eigenvalue weighted by molar-refractivity contribution is -0.384. The van der Waals surface area contributed by atoms with Crippen molar-refractivity contribution in [3.63, 3.8) is 0 Å². The molecule has 1 heterocycles. The molecule has 2 aromatic rings. The molecule has 1 aromatic carbocycles. The van der Waals surface area contributed by atoms with Crippen LogP contribution in [-0.2, 0) is 9.59 Å². The molecule has 0 unspecified atom stereocenters. The predicted molar refractivity (Wildman–Crippen MR) is 87.4 cm³/mol. The first-order valence-electron chi connectivity index (χ1n) is 7.14. The molecule has 0 saturated heterocycles. The summed E-state index contributed by atoms with van der Waals surface area (Å²) in [7, 11) is 0. The first-order chi connectivity index (χ1) is 11.9. The van der Waals surface area contributed by atoms with Gasteiger partial charge < -0.3 is 9.15 Å². The van der Waals surface area contributed by atoms with Crippen molar-refractivity contribution < 1.29 is 23.7 Å². The summed E-state index contributed by atoms with van der Waals surface area (Å²) >= 11 is 0. The van der Waals surface area contributed by atoms with Crippen LogP contribution in [0.5, 0.6) is 5.75 Å². The van der Waals surface area contributed by atoms with Gasteiger partial charge in [0.2, 0.25) is 0 Å². The van der Waals surface area contributed by atoms with E-state index in [0.717, 1.165) is 5.76 Å². The molecular weight excluding hydrogens is 330 g/mol. The van der Waals surface area contributed by atoms with Crippen molar-refractivity contribution in [2.24, 2.45) is 0 Å². The third-order valence-electron chi connectivity index (χ3n) is 2.90. The number of amides is 2. The van der Waals surface area contributed by atoms with Gasteiger partial charge in [-0.15, -0.1) is 0 Å². The number of carbonyl (C=O) groups is 2. The second-order valence-corrected chi connectivity index (χ2v) is 4.86. The van der Waals surface area contributed by atoms with Gasteiger partial charge in [0.15, 0.2) is 6.61 Å². The van der Waals surface area contributed by atoms with Crippen LogP contribution >= 0.6 is 0 Å². The normalized spacial score (nSPS) is 10.4. The van der Waals surface area contributed by atoms with Crippen LogP contribution in [-0.4, -0.2) is 23.3 Å². The smallest absolute Gasteiger partial charge is 0.276 e. The summed E-state index contributed by atoms with van der Waals surface area (Å²) in [5, 5.41) is 10.5. The molecule has 9 nitrogen and oxygen atoms in total. The number of aryl methyl sites for hydroxylation is 1. The number of hydrazine groups is 1. The van der Waals surface area contributed by atoms with Gasteiger partial charge in [-0.1, -0.05) is 0 Å². The van der Waals surface area contributed by atoms with E-state index in [1.165, 1.54) is 36.4 Å². The largest absolute Gasteiger partial charge is 0.484 e. The Bertz CT molecular complexity index is 794. The Morgan fingerprint density at radius 2 is 1.92 bits per heavy atom. The van der Waals surface area contributed by atoms with E-state index in [2.05, 4.69) is 10.9 Å². The number of nitrogens with one attached hydrogen (secondary N) is 2. The quantitative estimate of drug-likeness (QED) is 0.467. The van der Waals surface area contributed by atoms with Gasteiger partial charge in [-0.05, 0) is 37.3 Å². The highest BCUT2D eigenvalue weighted by Crippen LogP contribution is 2.16. The Morgan fingerprint density at radius 1 is 1.20 bits per heavy atom. The number of ether oxygens (including phenoxy) is 1. The summed E-state index contributed by atoms with van der Waals surface area (Å²) in [6, 6.07) is 8.73. The second-order valence-electron chi connectivity index (χ2n) is 4.86. The van der Waals surface area contributed by atoms with Gasteiger partial charge >= 0.3 is 0 Å². The number of nitro benzene ring substituents is 1. The van der Waals surface area contributed by atoms with Gasteiger partial charge in [-0.3, -0.25) is 30.6 Å². The maximum atomic E-state index is 11.6. The second kappa shape index (κ2) is 8.29. The van der Waals surface area contributed by atoms with Crippen molar-refractivity contribution in [3.8, 4) is 5.75 Å². The molecule has 0 aliphatic carbocycles. The maximum absolute atomic E-state index is 11.6. The van der Waals surface area contributed by atoms with Crippen LogP contribution in [0.4, 0.5) is 5.69 Å². The molecule has 9 heteroatoms. The number of carbonyl (C=O) groups excluding carboxylic acids is 2. The van der Waals surface area contributed by atoms with Gasteiger partial charge in [-0.25, -0.2) is 0 Å². The molecule has 130 valence electrons. The average molecular weight is 345 g/mol. The molecule has 0 radical (unpaired) electrons. The number of rotatable bonds is 6. The van der Waals surface area contributed by atoms with Crippen molar-refractivity contribution >= 4 is 23.6 Å². The Labute approximate surface area is 142 Å². The summed E-state index contributed by atoms with van der Waals surface area (Å²) in [4.78, 5) is 33.1. The van der Waals surface area contributed by atoms with Crippen LogP contribution in [0.2, 0.25) is 0 Å². The molecule has 0 aliphatic heterocycles. The average Bonchev–Trinajstić information content (AvgIpc) is 3.02. The number of non-ortho nitro benzene ring substituents is 1. The minimum absolute atomic E-state index is 0.0809. The molecule has 2 N–H and O–H groups in total. The molecule has 0 aliphatic rings. The van der Waals surface area contributed by atoms with Crippen LogP contribution in [0.3, 0.4) is 0 Å². The van der Waals surface area contributed by atoms with E-state index in [1.54, 1.807) is 19.1 Å². The zero-order valence-corrected chi connectivity index (χ0v) is 13.2. The molecular formula is C16H15N3O6. The lowest BCUT2D eigenvalue weighted by atomic mass is 10.3. The summed E-state index contributed by atoms with van der Waals surface area (Å²) < 4.78 is 10.4. The van der Waals surface area contributed by atoms with Crippen LogP contribution in [0, 0.1) is 17.0 Å². The molecule has 0 fully saturated rings. The highest BCUT2D eigenvalue weighted by molar-refractivity contribution is 5.92. The van der Waals surface area contributed by atoms with Crippen LogP contribution < -0.4 is 15.6 Å². The van der Waals surface area contributed by atoms with E-state index in [-0.39, 0.29) is 12.3 Å². The summed E-state index contributed by atoms with van der Waals surface area (Å²) in [6.07, 6.45) is 2.66. The van der Waals surface area contributed by atoms with Gasteiger partial charge in [-0.2, -0.15) is 0 Å². The molecule has 0 saturated carbocycles. The zero-order valence-electron chi connectivity index (χ0n) is 13.2. The topological polar surface area (TPSA) is 124 Å². The molecule has 1 aromatic heterocycles. The number of benzene rings is 1. The Morgan fingerprint density at radius 3 is 2.52 bits per heavy atom. The number of nitro groups is 1. The maximum Gasteiger partial charge on any atom is 0.276 e. The van der Waals surface area contributed by atoms with Gasteiger partial charge in [0.05, 0.1) is 4.92 Å². The summed E-state index contributed by atoms with van der Waals surface area (Å²) in [6.45, 7) is 1.42. The van der Waals surface area contributed by atoms with E-state index < -0.39 is 16.7 Å². The Hall–Kier alpha value is -3.62. The van der Waals surface area contributed by atoms with E-state index >= 15 is 0 Å². The highest BCUT2D eigenvalue weighted by Gasteiger charge is 2.07. The van der Waals surface area contributed by atoms with Gasteiger partial charge in [0, 0.05) is 18.2 Å². The lowest BCUT2D eigenvalue weighted by Crippen LogP contribution is -2.43. The molecule has 0 spiro atoms. The Kier molecular flexibility index (Phi) is 5.88. The molecule has 25 heavy (non-hydrogen) atoms. The van der Waals surface area contributed by atoms with Crippen molar-refractivity contribution in [2.75, 3.05) is 6.61 Å². The number of furan rings is 1. The molecule has 2 rings (SSSR count). The van der Waals surface area contributed by atoms with Gasteiger partial charge in [0.1, 0.15) is 17.3 Å². The minimum atomic E-state index is -0.589. The summed E-state index contributed by atoms with van der Waals surface area (Å²) in [5.74, 6) is 0.393. The highest BCUT2D eigenvalue weighted by atomic mass is 16.6. The van der Waals surface area contributed by atoms with E-state index in [0.29, 0.717) is 11.5 Å². The fourth-order valence-corrected chi connectivity index (χ4v) is 1.72. The fraction of sp³-hybridized carbons (Fsp3) is 0.125. The van der Waals surface area contributed by atoms with Gasteiger partial charge in [0.25, 0.3) is 17.5 Å². The number of hydrogen-bond donors (Lipinski definition) is 2. The lowest BCUT2D eigenvalue weighted by Gasteiger charge is -2.07. The predicted octanol–water partition coefficient (Wildman–Crippen LogP) is 1.74. The van der Waals surface area contributed by atoms with Crippen molar-refractivity contribution in [2.45, 2.75) is 6.92 Å². The van der Waals surface area contributed by atoms with Crippen molar-refractivity contribution in [1.29, 1.82) is 0 Å². The monoisotopic (exact) mass is 345 g/mol. The Balaban J connectivity index is 1.72. The standard InChI is InChI=1S/C16H15N3O6/c1-11-2-5-14(25-11)8-9-15(20)17-18-16(21)10-24-13-6-3-12(4-7-13)19(22)23/h2-9H,10H2,1H3,(H,17,20)(H,18,21)/b9-8+. The van der Waals surface area contributed by atoms with E-state index in [4.69, 9.17) is 9.15 Å². The molecule has 0 atom stereocenters. The van der Waals surface area contributed by atoms with E-state index in [1.807, 2.05) is 0 Å². The molecule has 2 amide bonds. The summed E-state index contributed by atoms with van der Waals surface area (Å²) in [5.41, 5.74) is 4.27. The van der Waals surface area contributed by atoms with Crippen LogP contribution in [0.15, 0.2) is 46.9 Å². The third kappa shape index (κ3) is 5.82. The third-order valence-corrected chi connectivity index (χ3v) is 2.90. The first kappa shape index (κ1) is 17.7. The first-order valence-corrected chi connectivity index (χ1v) is 7.14. The minimum Gasteiger partial charge on any atom is -0.484 e. The van der Waals surface area contributed by atoms with Crippen LogP contribution in [0.1, 0.15) is 11.5 Å². The van der Waals surface area contributed by atoms with E-state index in [9.17, 15) is 19.7 Å². The fourth-order valence-electron chi connectivity index (χ4n) is 1.72.